The van der Waals surface area contributed by atoms with Gasteiger partial charge in [0.15, 0.2) is 0 Å². The fourth-order valence-electron chi connectivity index (χ4n) is 3.53. The van der Waals surface area contributed by atoms with Crippen molar-refractivity contribution in [3.8, 4) is 5.75 Å². The lowest BCUT2D eigenvalue weighted by Gasteiger charge is -2.26. The highest BCUT2D eigenvalue weighted by atomic mass is 19.4. The van der Waals surface area contributed by atoms with Gasteiger partial charge in [0.1, 0.15) is 17.7 Å². The molecular formula is C23H24F3N3O4. The molecule has 1 amide bonds. The molecule has 2 heterocycles. The Morgan fingerprint density at radius 1 is 1.18 bits per heavy atom. The van der Waals surface area contributed by atoms with Crippen LogP contribution in [-0.2, 0) is 22.6 Å². The third kappa shape index (κ3) is 6.47. The number of imidazole rings is 1. The third-order valence-corrected chi connectivity index (χ3v) is 5.18. The molecule has 2 aromatic carbocycles. The molecule has 176 valence electrons. The van der Waals surface area contributed by atoms with Gasteiger partial charge in [-0.05, 0) is 43.5 Å². The number of carbonyl (C=O) groups excluding carboxylic acids is 1. The van der Waals surface area contributed by atoms with Crippen molar-refractivity contribution in [2.75, 3.05) is 6.54 Å². The van der Waals surface area contributed by atoms with Crippen LogP contribution in [0.15, 0.2) is 48.5 Å². The number of alkyl halides is 3. The lowest BCUT2D eigenvalue weighted by atomic mass is 10.0. The van der Waals surface area contributed by atoms with Gasteiger partial charge >= 0.3 is 12.1 Å². The van der Waals surface area contributed by atoms with Crippen molar-refractivity contribution >= 4 is 22.9 Å². The zero-order valence-electron chi connectivity index (χ0n) is 17.9. The summed E-state index contributed by atoms with van der Waals surface area (Å²) in [4.78, 5) is 25.7. The highest BCUT2D eigenvalue weighted by Crippen LogP contribution is 2.26. The minimum atomic E-state index is -5.08. The molecule has 0 fully saturated rings. The maximum Gasteiger partial charge on any atom is 0.490 e. The highest BCUT2D eigenvalue weighted by molar-refractivity contribution is 5.78. The molecule has 33 heavy (non-hydrogen) atoms. The molecule has 1 atom stereocenters. The summed E-state index contributed by atoms with van der Waals surface area (Å²) in [6.07, 6.45) is -2.67. The van der Waals surface area contributed by atoms with E-state index in [2.05, 4.69) is 20.9 Å². The summed E-state index contributed by atoms with van der Waals surface area (Å²) in [6.45, 7) is 3.16. The van der Waals surface area contributed by atoms with Crippen LogP contribution in [0.2, 0.25) is 0 Å². The number of amides is 1. The number of carbonyl (C=O) groups is 2. The number of para-hydroxylation sites is 3. The van der Waals surface area contributed by atoms with E-state index in [1.54, 1.807) is 0 Å². The Morgan fingerprint density at radius 3 is 2.58 bits per heavy atom. The lowest BCUT2D eigenvalue weighted by molar-refractivity contribution is -0.192. The molecule has 0 saturated heterocycles. The molecule has 10 heteroatoms. The largest absolute Gasteiger partial charge is 0.490 e. The summed E-state index contributed by atoms with van der Waals surface area (Å²) in [5.74, 6) is -0.832. The summed E-state index contributed by atoms with van der Waals surface area (Å²) in [5, 5.41) is 10.1. The van der Waals surface area contributed by atoms with E-state index in [4.69, 9.17) is 14.6 Å². The molecule has 4 rings (SSSR count). The van der Waals surface area contributed by atoms with Crippen molar-refractivity contribution in [1.29, 1.82) is 0 Å². The molecule has 0 bridgehead atoms. The van der Waals surface area contributed by atoms with Crippen LogP contribution >= 0.6 is 0 Å². The first-order chi connectivity index (χ1) is 15.6. The molecule has 1 aliphatic rings. The number of fused-ring (bicyclic) bond motifs is 2. The van der Waals surface area contributed by atoms with E-state index in [1.165, 1.54) is 5.56 Å². The van der Waals surface area contributed by atoms with Gasteiger partial charge < -0.3 is 19.7 Å². The first-order valence-corrected chi connectivity index (χ1v) is 10.4. The number of halogens is 3. The number of hydrogen-bond acceptors (Lipinski definition) is 4. The number of carboxylic acids is 1. The maximum absolute atomic E-state index is 12.3. The van der Waals surface area contributed by atoms with Crippen molar-refractivity contribution in [2.24, 2.45) is 0 Å². The summed E-state index contributed by atoms with van der Waals surface area (Å²) in [5.41, 5.74) is 3.29. The molecule has 0 aliphatic carbocycles. The quantitative estimate of drug-likeness (QED) is 0.599. The van der Waals surface area contributed by atoms with Crippen LogP contribution in [0.25, 0.3) is 11.0 Å². The number of hydrogen-bond donors (Lipinski definition) is 2. The normalized spacial score (nSPS) is 15.1. The zero-order valence-corrected chi connectivity index (χ0v) is 17.9. The minimum Gasteiger partial charge on any atom is -0.488 e. The predicted molar refractivity (Wildman–Crippen MR) is 115 cm³/mol. The minimum absolute atomic E-state index is 0.0460. The standard InChI is InChI=1S/C21H23N3O2.C2HF3O2/c1-15-23-18-7-3-4-8-19(18)24(15)13-12-21(25)22-14-17-11-10-16-6-2-5-9-20(16)26-17;3-2(4,5)1(6)7/h2-9,17H,10-14H2,1H3,(H,22,25);(H,6,7)/t17-;/m1./s1. The van der Waals surface area contributed by atoms with E-state index in [9.17, 15) is 18.0 Å². The maximum atomic E-state index is 12.3. The fraction of sp³-hybridized carbons (Fsp3) is 0.348. The summed E-state index contributed by atoms with van der Waals surface area (Å²) >= 11 is 0. The van der Waals surface area contributed by atoms with Gasteiger partial charge in [0.05, 0.1) is 17.6 Å². The second-order valence-electron chi connectivity index (χ2n) is 7.54. The van der Waals surface area contributed by atoms with Crippen LogP contribution in [0.4, 0.5) is 13.2 Å². The first-order valence-electron chi connectivity index (χ1n) is 10.4. The van der Waals surface area contributed by atoms with E-state index < -0.39 is 12.1 Å². The number of nitrogens with zero attached hydrogens (tertiary/aromatic N) is 2. The molecule has 7 nitrogen and oxygen atoms in total. The molecule has 0 saturated carbocycles. The van der Waals surface area contributed by atoms with Crippen LogP contribution < -0.4 is 10.1 Å². The van der Waals surface area contributed by atoms with Gasteiger partial charge in [0.25, 0.3) is 0 Å². The van der Waals surface area contributed by atoms with Crippen molar-refractivity contribution in [3.05, 3.63) is 59.9 Å². The number of benzene rings is 2. The topological polar surface area (TPSA) is 93.5 Å². The average Bonchev–Trinajstić information content (AvgIpc) is 3.10. The van der Waals surface area contributed by atoms with Crippen LogP contribution in [0.1, 0.15) is 24.2 Å². The Balaban J connectivity index is 0.000000383. The Morgan fingerprint density at radius 2 is 1.85 bits per heavy atom. The Bertz CT molecular complexity index is 1130. The van der Waals surface area contributed by atoms with Gasteiger partial charge in [-0.2, -0.15) is 13.2 Å². The second-order valence-corrected chi connectivity index (χ2v) is 7.54. The lowest BCUT2D eigenvalue weighted by Crippen LogP contribution is -2.37. The molecule has 0 spiro atoms. The number of aromatic nitrogens is 2. The van der Waals surface area contributed by atoms with Crippen LogP contribution in [0, 0.1) is 6.92 Å². The first kappa shape index (κ1) is 24.1. The van der Waals surface area contributed by atoms with E-state index in [-0.39, 0.29) is 12.0 Å². The van der Waals surface area contributed by atoms with Gasteiger partial charge in [0, 0.05) is 13.0 Å². The molecule has 0 radical (unpaired) electrons. The van der Waals surface area contributed by atoms with Crippen LogP contribution in [-0.4, -0.2) is 45.4 Å². The monoisotopic (exact) mass is 463 g/mol. The Labute approximate surface area is 188 Å². The number of aliphatic carboxylic acids is 1. The van der Waals surface area contributed by atoms with Crippen molar-refractivity contribution in [2.45, 2.75) is 45.0 Å². The average molecular weight is 463 g/mol. The van der Waals surface area contributed by atoms with Crippen molar-refractivity contribution in [1.82, 2.24) is 14.9 Å². The van der Waals surface area contributed by atoms with E-state index >= 15 is 0 Å². The smallest absolute Gasteiger partial charge is 0.488 e. The number of ether oxygens (including phenoxy) is 1. The van der Waals surface area contributed by atoms with Crippen LogP contribution in [0.5, 0.6) is 5.75 Å². The summed E-state index contributed by atoms with van der Waals surface area (Å²) in [6, 6.07) is 16.1. The van der Waals surface area contributed by atoms with Gasteiger partial charge in [0.2, 0.25) is 5.91 Å². The van der Waals surface area contributed by atoms with Crippen LogP contribution in [0.3, 0.4) is 0 Å². The fourth-order valence-corrected chi connectivity index (χ4v) is 3.53. The number of nitrogens with one attached hydrogen (secondary N) is 1. The highest BCUT2D eigenvalue weighted by Gasteiger charge is 2.38. The van der Waals surface area contributed by atoms with Gasteiger partial charge in [-0.1, -0.05) is 30.3 Å². The molecular weight excluding hydrogens is 439 g/mol. The number of aryl methyl sites for hydroxylation is 3. The number of carboxylic acid groups (broad SMARTS) is 1. The van der Waals surface area contributed by atoms with Gasteiger partial charge in [-0.25, -0.2) is 9.78 Å². The SMILES string of the molecule is Cc1nc2ccccc2n1CCC(=O)NC[C@H]1CCc2ccccc2O1.O=C(O)C(F)(F)F. The molecule has 1 aromatic heterocycles. The van der Waals surface area contributed by atoms with E-state index in [0.29, 0.717) is 19.5 Å². The predicted octanol–water partition coefficient (Wildman–Crippen LogP) is 3.88. The number of rotatable bonds is 5. The van der Waals surface area contributed by atoms with Gasteiger partial charge in [-0.15, -0.1) is 0 Å². The molecule has 1 aliphatic heterocycles. The van der Waals surface area contributed by atoms with Crippen molar-refractivity contribution < 1.29 is 32.6 Å². The molecule has 3 aromatic rings. The zero-order chi connectivity index (χ0) is 24.0. The third-order valence-electron chi connectivity index (χ3n) is 5.18. The van der Waals surface area contributed by atoms with Crippen molar-refractivity contribution in [3.63, 3.8) is 0 Å². The summed E-state index contributed by atoms with van der Waals surface area (Å²) in [7, 11) is 0. The Kier molecular flexibility index (Phi) is 7.57. The van der Waals surface area contributed by atoms with E-state index in [0.717, 1.165) is 35.4 Å². The Hall–Kier alpha value is -3.56. The van der Waals surface area contributed by atoms with E-state index in [1.807, 2.05) is 49.4 Å². The molecule has 2 N–H and O–H groups in total. The summed E-state index contributed by atoms with van der Waals surface area (Å²) < 4.78 is 39.8. The molecule has 0 unspecified atom stereocenters. The van der Waals surface area contributed by atoms with Gasteiger partial charge in [-0.3, -0.25) is 4.79 Å². The second kappa shape index (κ2) is 10.4.